The van der Waals surface area contributed by atoms with Gasteiger partial charge in [-0.1, -0.05) is 19.1 Å². The predicted octanol–water partition coefficient (Wildman–Crippen LogP) is 4.28. The smallest absolute Gasteiger partial charge is 0.306 e. The first kappa shape index (κ1) is 26.0. The number of ether oxygens (including phenoxy) is 1. The van der Waals surface area contributed by atoms with E-state index >= 15 is 0 Å². The first-order valence-corrected chi connectivity index (χ1v) is 13.2. The van der Waals surface area contributed by atoms with E-state index in [9.17, 15) is 14.4 Å². The van der Waals surface area contributed by atoms with Crippen molar-refractivity contribution in [2.75, 3.05) is 0 Å². The zero-order valence-electron chi connectivity index (χ0n) is 21.5. The van der Waals surface area contributed by atoms with E-state index < -0.39 is 23.5 Å². The van der Waals surface area contributed by atoms with E-state index in [1.807, 2.05) is 41.8 Å². The van der Waals surface area contributed by atoms with Crippen molar-refractivity contribution in [1.82, 2.24) is 14.7 Å². The van der Waals surface area contributed by atoms with Crippen molar-refractivity contribution in [1.29, 1.82) is 0 Å². The molecule has 0 fully saturated rings. The number of nitrogens with two attached hydrogens (primary N) is 1. The summed E-state index contributed by atoms with van der Waals surface area (Å²) in [6, 6.07) is 4.84. The van der Waals surface area contributed by atoms with Crippen LogP contribution in [0.15, 0.2) is 30.5 Å². The molecule has 0 saturated heterocycles. The summed E-state index contributed by atoms with van der Waals surface area (Å²) in [6.45, 7) is 7.85. The van der Waals surface area contributed by atoms with E-state index in [1.165, 1.54) is 9.81 Å². The van der Waals surface area contributed by atoms with Crippen molar-refractivity contribution in [3.05, 3.63) is 47.3 Å². The SMILES string of the molecule is CC1CCC=C(c2c(-c3ccc4c(c3)CN(C(CCC(=O)OC(C)(C)C)C(N)=O)C4=O)cnn2C)S1. The standard InChI is InChI=1S/C27H34N4O4S/c1-16-7-6-8-22(36-16)24-20(14-29-30(24)5)17-9-10-19-18(13-17)15-31(26(19)34)21(25(28)33)11-12-23(32)35-27(2,3)4/h8-10,13-14,16,21H,6-7,11-12,15H2,1-5H3,(H2,28,33). The summed E-state index contributed by atoms with van der Waals surface area (Å²) in [7, 11) is 1.94. The van der Waals surface area contributed by atoms with Crippen LogP contribution in [-0.2, 0) is 27.9 Å². The Morgan fingerprint density at radius 3 is 2.69 bits per heavy atom. The molecule has 8 nitrogen and oxygen atoms in total. The summed E-state index contributed by atoms with van der Waals surface area (Å²) in [6.07, 6.45) is 6.45. The number of esters is 1. The summed E-state index contributed by atoms with van der Waals surface area (Å²) >= 11 is 1.86. The maximum atomic E-state index is 13.2. The molecule has 2 aliphatic heterocycles. The number of allylic oxidation sites excluding steroid dienone is 1. The van der Waals surface area contributed by atoms with Crippen LogP contribution >= 0.6 is 11.8 Å². The number of thioether (sulfide) groups is 1. The minimum atomic E-state index is -0.889. The van der Waals surface area contributed by atoms with Gasteiger partial charge in [0.1, 0.15) is 11.6 Å². The fourth-order valence-electron chi connectivity index (χ4n) is 4.73. The summed E-state index contributed by atoms with van der Waals surface area (Å²) in [5.41, 5.74) is 9.46. The van der Waals surface area contributed by atoms with Crippen LogP contribution in [0.2, 0.25) is 0 Å². The lowest BCUT2D eigenvalue weighted by atomic mass is 10.00. The summed E-state index contributed by atoms with van der Waals surface area (Å²) in [5, 5.41) is 5.06. The van der Waals surface area contributed by atoms with Gasteiger partial charge in [-0.25, -0.2) is 0 Å². The average Bonchev–Trinajstić information content (AvgIpc) is 3.32. The van der Waals surface area contributed by atoms with E-state index in [4.69, 9.17) is 10.5 Å². The molecule has 192 valence electrons. The molecule has 1 aromatic heterocycles. The molecule has 0 spiro atoms. The molecule has 2 aromatic rings. The second-order valence-electron chi connectivity index (χ2n) is 10.5. The largest absolute Gasteiger partial charge is 0.460 e. The van der Waals surface area contributed by atoms with Gasteiger partial charge in [-0.3, -0.25) is 19.1 Å². The zero-order valence-corrected chi connectivity index (χ0v) is 22.4. The predicted molar refractivity (Wildman–Crippen MR) is 141 cm³/mol. The molecule has 2 aliphatic rings. The van der Waals surface area contributed by atoms with E-state index in [-0.39, 0.29) is 25.3 Å². The van der Waals surface area contributed by atoms with Gasteiger partial charge in [-0.2, -0.15) is 5.10 Å². The maximum Gasteiger partial charge on any atom is 0.306 e. The van der Waals surface area contributed by atoms with Gasteiger partial charge in [0.2, 0.25) is 5.91 Å². The first-order valence-electron chi connectivity index (χ1n) is 12.3. The molecule has 9 heteroatoms. The number of amides is 2. The highest BCUT2D eigenvalue weighted by atomic mass is 32.2. The molecule has 2 N–H and O–H groups in total. The molecule has 0 saturated carbocycles. The third-order valence-electron chi connectivity index (χ3n) is 6.40. The van der Waals surface area contributed by atoms with Crippen molar-refractivity contribution in [3.63, 3.8) is 0 Å². The Hall–Kier alpha value is -3.07. The normalized spacial score (nSPS) is 18.6. The molecule has 0 bridgehead atoms. The fourth-order valence-corrected chi connectivity index (χ4v) is 5.98. The topological polar surface area (TPSA) is 108 Å². The highest BCUT2D eigenvalue weighted by Crippen LogP contribution is 2.42. The Morgan fingerprint density at radius 2 is 2.03 bits per heavy atom. The molecule has 0 radical (unpaired) electrons. The summed E-state index contributed by atoms with van der Waals surface area (Å²) < 4.78 is 7.24. The maximum absolute atomic E-state index is 13.2. The van der Waals surface area contributed by atoms with E-state index in [2.05, 4.69) is 18.1 Å². The average molecular weight is 511 g/mol. The fraction of sp³-hybridized carbons (Fsp3) is 0.481. The molecular weight excluding hydrogens is 476 g/mol. The molecule has 2 amide bonds. The first-order chi connectivity index (χ1) is 16.9. The molecule has 1 aromatic carbocycles. The Morgan fingerprint density at radius 1 is 1.28 bits per heavy atom. The van der Waals surface area contributed by atoms with Crippen molar-refractivity contribution in [2.45, 2.75) is 76.8 Å². The summed E-state index contributed by atoms with van der Waals surface area (Å²) in [4.78, 5) is 40.3. The highest BCUT2D eigenvalue weighted by Gasteiger charge is 2.36. The Kier molecular flexibility index (Phi) is 7.31. The van der Waals surface area contributed by atoms with Gasteiger partial charge in [0.05, 0.1) is 11.9 Å². The number of carbonyl (C=O) groups is 3. The third-order valence-corrected chi connectivity index (χ3v) is 7.65. The van der Waals surface area contributed by atoms with Crippen molar-refractivity contribution in [2.24, 2.45) is 12.8 Å². The zero-order chi connectivity index (χ0) is 26.2. The number of rotatable bonds is 7. The summed E-state index contributed by atoms with van der Waals surface area (Å²) in [5.74, 6) is -1.31. The van der Waals surface area contributed by atoms with Gasteiger partial charge in [-0.15, -0.1) is 11.8 Å². The number of aromatic nitrogens is 2. The lowest BCUT2D eigenvalue weighted by Crippen LogP contribution is -2.45. The van der Waals surface area contributed by atoms with E-state index in [0.29, 0.717) is 10.8 Å². The van der Waals surface area contributed by atoms with E-state index in [1.54, 1.807) is 26.8 Å². The number of benzene rings is 1. The number of fused-ring (bicyclic) bond motifs is 1. The highest BCUT2D eigenvalue weighted by molar-refractivity contribution is 8.08. The Bertz CT molecular complexity index is 1230. The van der Waals surface area contributed by atoms with Gasteiger partial charge in [0.25, 0.3) is 5.91 Å². The van der Waals surface area contributed by atoms with Crippen LogP contribution in [0.1, 0.15) is 75.0 Å². The Labute approximate surface area is 216 Å². The van der Waals surface area contributed by atoms with Crippen LogP contribution in [0.25, 0.3) is 16.0 Å². The van der Waals surface area contributed by atoms with Gasteiger partial charge in [0.15, 0.2) is 0 Å². The molecule has 2 unspecified atom stereocenters. The van der Waals surface area contributed by atoms with Crippen LogP contribution < -0.4 is 5.73 Å². The van der Waals surface area contributed by atoms with E-state index in [0.717, 1.165) is 35.2 Å². The van der Waals surface area contributed by atoms with Crippen molar-refractivity contribution < 1.29 is 19.1 Å². The molecule has 36 heavy (non-hydrogen) atoms. The van der Waals surface area contributed by atoms with Crippen LogP contribution in [0.4, 0.5) is 0 Å². The van der Waals surface area contributed by atoms with Gasteiger partial charge < -0.3 is 15.4 Å². The van der Waals surface area contributed by atoms with Gasteiger partial charge >= 0.3 is 5.97 Å². The number of hydrogen-bond donors (Lipinski definition) is 1. The lowest BCUT2D eigenvalue weighted by Gasteiger charge is -2.25. The number of aryl methyl sites for hydroxylation is 1. The van der Waals surface area contributed by atoms with Crippen molar-refractivity contribution in [3.8, 4) is 11.1 Å². The second-order valence-corrected chi connectivity index (χ2v) is 11.9. The molecule has 3 heterocycles. The Balaban J connectivity index is 1.56. The quantitative estimate of drug-likeness (QED) is 0.557. The molecular formula is C27H34N4O4S. The second kappa shape index (κ2) is 10.1. The van der Waals surface area contributed by atoms with Gasteiger partial charge in [0, 0.05) is 41.3 Å². The molecule has 2 atom stereocenters. The molecule has 0 aliphatic carbocycles. The van der Waals surface area contributed by atoms with Crippen molar-refractivity contribution >= 4 is 34.5 Å². The van der Waals surface area contributed by atoms with Gasteiger partial charge in [-0.05, 0) is 63.3 Å². The number of primary amides is 1. The molecule has 4 rings (SSSR count). The number of nitrogens with zero attached hydrogens (tertiary/aromatic N) is 3. The third kappa shape index (κ3) is 5.51. The monoisotopic (exact) mass is 510 g/mol. The van der Waals surface area contributed by atoms with Crippen LogP contribution in [0, 0.1) is 0 Å². The van der Waals surface area contributed by atoms with Crippen LogP contribution in [0.3, 0.4) is 0 Å². The van der Waals surface area contributed by atoms with Crippen LogP contribution in [-0.4, -0.2) is 49.4 Å². The minimum absolute atomic E-state index is 0.000494. The van der Waals surface area contributed by atoms with Crippen LogP contribution in [0.5, 0.6) is 0 Å². The minimum Gasteiger partial charge on any atom is -0.460 e. The number of hydrogen-bond acceptors (Lipinski definition) is 6. The number of carbonyl (C=O) groups excluding carboxylic acids is 3. The lowest BCUT2D eigenvalue weighted by molar-refractivity contribution is -0.155.